The summed E-state index contributed by atoms with van der Waals surface area (Å²) in [7, 11) is 1.69. The number of nitrogens with zero attached hydrogens (tertiary/aromatic N) is 4. The van der Waals surface area contributed by atoms with E-state index in [1.54, 1.807) is 19.3 Å². The van der Waals surface area contributed by atoms with Gasteiger partial charge < -0.3 is 10.2 Å². The van der Waals surface area contributed by atoms with Crippen LogP contribution < -0.4 is 10.2 Å². The molecule has 6 nitrogen and oxygen atoms in total. The van der Waals surface area contributed by atoms with Crippen molar-refractivity contribution < 1.29 is 18.0 Å². The first-order chi connectivity index (χ1) is 11.2. The zero-order valence-corrected chi connectivity index (χ0v) is 14.1. The quantitative estimate of drug-likeness (QED) is 0.853. The van der Waals surface area contributed by atoms with E-state index in [1.165, 1.54) is 15.8 Å². The van der Waals surface area contributed by atoms with Crippen molar-refractivity contribution in [3.8, 4) is 0 Å². The highest BCUT2D eigenvalue weighted by molar-refractivity contribution is 9.10. The summed E-state index contributed by atoms with van der Waals surface area (Å²) in [4.78, 5) is 17.3. The van der Waals surface area contributed by atoms with Crippen molar-refractivity contribution in [3.63, 3.8) is 0 Å². The van der Waals surface area contributed by atoms with Crippen LogP contribution in [0, 0.1) is 0 Å². The number of carbonyl (C=O) groups is 1. The van der Waals surface area contributed by atoms with E-state index >= 15 is 0 Å². The largest absolute Gasteiger partial charge is 0.419 e. The first kappa shape index (κ1) is 16.7. The van der Waals surface area contributed by atoms with E-state index in [2.05, 4.69) is 31.3 Å². The van der Waals surface area contributed by atoms with Crippen LogP contribution in [0.1, 0.15) is 16.1 Å². The highest BCUT2D eigenvalue weighted by Crippen LogP contribution is 2.38. The van der Waals surface area contributed by atoms with Gasteiger partial charge in [0.15, 0.2) is 0 Å². The summed E-state index contributed by atoms with van der Waals surface area (Å²) in [5.74, 6) is -0.478. The second-order valence-corrected chi connectivity index (χ2v) is 6.39. The van der Waals surface area contributed by atoms with Crippen LogP contribution in [0.15, 0.2) is 29.0 Å². The molecule has 10 heteroatoms. The minimum atomic E-state index is -4.49. The summed E-state index contributed by atoms with van der Waals surface area (Å²) in [5, 5.41) is 6.72. The van der Waals surface area contributed by atoms with Gasteiger partial charge in [0.05, 0.1) is 11.6 Å². The Morgan fingerprint density at radius 3 is 2.71 bits per heavy atom. The van der Waals surface area contributed by atoms with Crippen molar-refractivity contribution in [1.82, 2.24) is 20.1 Å². The molecule has 1 N–H and O–H groups in total. The van der Waals surface area contributed by atoms with Gasteiger partial charge in [-0.1, -0.05) is 0 Å². The van der Waals surface area contributed by atoms with E-state index in [-0.39, 0.29) is 41.0 Å². The number of hydrogen-bond donors (Lipinski definition) is 1. The van der Waals surface area contributed by atoms with Gasteiger partial charge in [-0.25, -0.2) is 4.98 Å². The van der Waals surface area contributed by atoms with Gasteiger partial charge in [0.1, 0.15) is 11.5 Å². The van der Waals surface area contributed by atoms with E-state index < -0.39 is 11.7 Å². The van der Waals surface area contributed by atoms with Gasteiger partial charge in [-0.2, -0.15) is 18.3 Å². The normalized spacial score (nSPS) is 15.3. The van der Waals surface area contributed by atoms with Gasteiger partial charge >= 0.3 is 6.18 Å². The molecular weight excluding hydrogens is 391 g/mol. The third-order valence-corrected chi connectivity index (χ3v) is 4.03. The van der Waals surface area contributed by atoms with Gasteiger partial charge in [-0.3, -0.25) is 9.48 Å². The Balaban J connectivity index is 1.66. The van der Waals surface area contributed by atoms with Crippen molar-refractivity contribution in [1.29, 1.82) is 0 Å². The van der Waals surface area contributed by atoms with E-state index in [4.69, 9.17) is 0 Å². The summed E-state index contributed by atoms with van der Waals surface area (Å²) in [6, 6.07) is 2.33. The molecule has 0 saturated carbocycles. The molecule has 1 fully saturated rings. The maximum Gasteiger partial charge on any atom is 0.419 e. The lowest BCUT2D eigenvalue weighted by molar-refractivity contribution is -0.137. The number of hydrogen-bond acceptors (Lipinski definition) is 4. The molecule has 0 bridgehead atoms. The molecule has 3 rings (SSSR count). The van der Waals surface area contributed by atoms with Crippen LogP contribution in [0.3, 0.4) is 0 Å². The fourth-order valence-electron chi connectivity index (χ4n) is 2.43. The summed E-state index contributed by atoms with van der Waals surface area (Å²) >= 11 is 3.00. The van der Waals surface area contributed by atoms with Crippen molar-refractivity contribution in [2.75, 3.05) is 18.0 Å². The fraction of sp³-hybridized carbons (Fsp3) is 0.357. The highest BCUT2D eigenvalue weighted by Gasteiger charge is 2.39. The molecule has 0 spiro atoms. The smallest absolute Gasteiger partial charge is 0.352 e. The van der Waals surface area contributed by atoms with Crippen LogP contribution >= 0.6 is 15.9 Å². The molecule has 1 saturated heterocycles. The van der Waals surface area contributed by atoms with Crippen LogP contribution in [-0.4, -0.2) is 39.8 Å². The van der Waals surface area contributed by atoms with Gasteiger partial charge in [-0.15, -0.1) is 0 Å². The number of rotatable bonds is 3. The standard InChI is InChI=1S/C14H13BrF3N5O/c1-22-3-2-11(21-22)13(24)20-9-6-23(7-9)12-10(14(16,17)18)4-8(15)5-19-12/h2-5,9H,6-7H2,1H3,(H,20,24). The van der Waals surface area contributed by atoms with E-state index in [1.807, 2.05) is 0 Å². The molecule has 0 aromatic carbocycles. The predicted molar refractivity (Wildman–Crippen MR) is 83.6 cm³/mol. The Bertz CT molecular complexity index is 770. The second kappa shape index (κ2) is 6.08. The average Bonchev–Trinajstić information content (AvgIpc) is 2.88. The zero-order valence-electron chi connectivity index (χ0n) is 12.5. The molecular formula is C14H13BrF3N5O. The van der Waals surface area contributed by atoms with Crippen LogP contribution in [0.5, 0.6) is 0 Å². The monoisotopic (exact) mass is 403 g/mol. The molecule has 2 aromatic heterocycles. The third kappa shape index (κ3) is 3.37. The first-order valence-electron chi connectivity index (χ1n) is 7.02. The van der Waals surface area contributed by atoms with Crippen LogP contribution in [-0.2, 0) is 13.2 Å². The maximum absolute atomic E-state index is 13.1. The number of nitrogens with one attached hydrogen (secondary N) is 1. The SMILES string of the molecule is Cn1ccc(C(=O)NC2CN(c3ncc(Br)cc3C(F)(F)F)C2)n1. The summed E-state index contributed by atoms with van der Waals surface area (Å²) in [5.41, 5.74) is -0.528. The van der Waals surface area contributed by atoms with Crippen LogP contribution in [0.2, 0.25) is 0 Å². The molecule has 1 aliphatic rings. The number of aromatic nitrogens is 3. The zero-order chi connectivity index (χ0) is 17.5. The van der Waals surface area contributed by atoms with Gasteiger partial charge in [0, 0.05) is 37.0 Å². The van der Waals surface area contributed by atoms with Crippen molar-refractivity contribution in [3.05, 3.63) is 40.3 Å². The van der Waals surface area contributed by atoms with Gasteiger partial charge in [0.2, 0.25) is 0 Å². The Kier molecular flexibility index (Phi) is 4.24. The van der Waals surface area contributed by atoms with Gasteiger partial charge in [0.25, 0.3) is 5.91 Å². The highest BCUT2D eigenvalue weighted by atomic mass is 79.9. The lowest BCUT2D eigenvalue weighted by Crippen LogP contribution is -2.60. The minimum absolute atomic E-state index is 0.131. The number of amides is 1. The van der Waals surface area contributed by atoms with Crippen molar-refractivity contribution in [2.24, 2.45) is 7.05 Å². The maximum atomic E-state index is 13.1. The van der Waals surface area contributed by atoms with Crippen LogP contribution in [0.4, 0.5) is 19.0 Å². The lowest BCUT2D eigenvalue weighted by atomic mass is 10.1. The number of anilines is 1. The first-order valence-corrected chi connectivity index (χ1v) is 7.81. The fourth-order valence-corrected chi connectivity index (χ4v) is 2.76. The molecule has 0 aliphatic carbocycles. The molecule has 0 unspecified atom stereocenters. The number of pyridine rings is 1. The molecule has 1 aliphatic heterocycles. The lowest BCUT2D eigenvalue weighted by Gasteiger charge is -2.41. The number of alkyl halides is 3. The Morgan fingerprint density at radius 1 is 1.42 bits per heavy atom. The molecule has 2 aromatic rings. The molecule has 0 radical (unpaired) electrons. The van der Waals surface area contributed by atoms with E-state index in [9.17, 15) is 18.0 Å². The minimum Gasteiger partial charge on any atom is -0.352 e. The average molecular weight is 404 g/mol. The summed E-state index contributed by atoms with van der Waals surface area (Å²) < 4.78 is 41.1. The van der Waals surface area contributed by atoms with Gasteiger partial charge in [-0.05, 0) is 28.1 Å². The molecule has 1 amide bonds. The Labute approximate surface area is 143 Å². The molecule has 0 atom stereocenters. The van der Waals surface area contributed by atoms with E-state index in [0.717, 1.165) is 6.07 Å². The number of aryl methyl sites for hydroxylation is 1. The van der Waals surface area contributed by atoms with Crippen molar-refractivity contribution >= 4 is 27.7 Å². The Morgan fingerprint density at radius 2 is 2.12 bits per heavy atom. The predicted octanol–water partition coefficient (Wildman–Crippen LogP) is 2.21. The topological polar surface area (TPSA) is 63.1 Å². The molecule has 128 valence electrons. The third-order valence-electron chi connectivity index (χ3n) is 3.60. The number of carbonyl (C=O) groups excluding carboxylic acids is 1. The number of halogens is 4. The molecule has 3 heterocycles. The molecule has 24 heavy (non-hydrogen) atoms. The Hall–Kier alpha value is -2.10. The summed E-state index contributed by atoms with van der Waals surface area (Å²) in [6.45, 7) is 0.520. The van der Waals surface area contributed by atoms with E-state index in [0.29, 0.717) is 0 Å². The summed E-state index contributed by atoms with van der Waals surface area (Å²) in [6.07, 6.45) is -1.53. The second-order valence-electron chi connectivity index (χ2n) is 5.47. The van der Waals surface area contributed by atoms with Crippen molar-refractivity contribution in [2.45, 2.75) is 12.2 Å². The van der Waals surface area contributed by atoms with Crippen LogP contribution in [0.25, 0.3) is 0 Å².